The van der Waals surface area contributed by atoms with Crippen molar-refractivity contribution in [2.45, 2.75) is 0 Å². The van der Waals surface area contributed by atoms with Crippen LogP contribution in [0.2, 0.25) is 0 Å². The number of allylic oxidation sites excluding steroid dienone is 4. The smallest absolute Gasteiger partial charge is 0.103 e. The van der Waals surface area contributed by atoms with E-state index in [0.29, 0.717) is 11.4 Å². The Labute approximate surface area is 64.4 Å². The zero-order valence-electron chi connectivity index (χ0n) is 5.20. The highest BCUT2D eigenvalue weighted by molar-refractivity contribution is 7.79. The van der Waals surface area contributed by atoms with Crippen LogP contribution in [0.4, 0.5) is 0 Å². The Morgan fingerprint density at radius 3 is 2.80 bits per heavy atom. The fourth-order valence-electron chi connectivity index (χ4n) is 0.641. The highest BCUT2D eigenvalue weighted by atomic mass is 32.1. The van der Waals surface area contributed by atoms with Crippen LogP contribution in [0.3, 0.4) is 0 Å². The summed E-state index contributed by atoms with van der Waals surface area (Å²) in [7, 11) is 0. The Balaban J connectivity index is 3.00. The van der Waals surface area contributed by atoms with Crippen molar-refractivity contribution in [2.75, 3.05) is 0 Å². The van der Waals surface area contributed by atoms with Gasteiger partial charge in [0.1, 0.15) is 5.71 Å². The Bertz CT molecular complexity index is 250. The molecule has 1 aliphatic carbocycles. The molecular formula is C6H7N3S. The van der Waals surface area contributed by atoms with Crippen molar-refractivity contribution in [1.29, 1.82) is 5.41 Å². The summed E-state index contributed by atoms with van der Waals surface area (Å²) < 4.78 is 3.56. The molecule has 0 radical (unpaired) electrons. The van der Waals surface area contributed by atoms with Gasteiger partial charge in [-0.05, 0) is 25.0 Å². The van der Waals surface area contributed by atoms with Gasteiger partial charge in [-0.3, -0.25) is 5.41 Å². The summed E-state index contributed by atoms with van der Waals surface area (Å²) >= 11 is 3.68. The summed E-state index contributed by atoms with van der Waals surface area (Å²) in [6.07, 6.45) is 5.08. The Morgan fingerprint density at radius 2 is 2.30 bits per heavy atom. The Morgan fingerprint density at radius 1 is 1.60 bits per heavy atom. The van der Waals surface area contributed by atoms with Gasteiger partial charge in [-0.15, -0.1) is 0 Å². The van der Waals surface area contributed by atoms with Crippen LogP contribution in [-0.2, 0) is 0 Å². The summed E-state index contributed by atoms with van der Waals surface area (Å²) in [6.45, 7) is 0. The third-order valence-electron chi connectivity index (χ3n) is 1.18. The quantitative estimate of drug-likeness (QED) is 0.348. The summed E-state index contributed by atoms with van der Waals surface area (Å²) in [5.74, 6) is 0. The first-order valence-corrected chi connectivity index (χ1v) is 3.11. The maximum Gasteiger partial charge on any atom is 0.103 e. The first kappa shape index (κ1) is 7.08. The lowest BCUT2D eigenvalue weighted by Gasteiger charge is -2.05. The number of hydrogen-bond acceptors (Lipinski definition) is 4. The third kappa shape index (κ3) is 1.11. The van der Waals surface area contributed by atoms with Crippen LogP contribution < -0.4 is 5.73 Å². The van der Waals surface area contributed by atoms with Gasteiger partial charge >= 0.3 is 0 Å². The number of thiol groups is 1. The van der Waals surface area contributed by atoms with Crippen molar-refractivity contribution in [3.05, 3.63) is 23.9 Å². The number of nitrogens with zero attached hydrogens (tertiary/aromatic N) is 1. The molecule has 0 fully saturated rings. The summed E-state index contributed by atoms with van der Waals surface area (Å²) in [5, 5.41) is 7.33. The van der Waals surface area contributed by atoms with Crippen LogP contribution in [-0.4, -0.2) is 11.4 Å². The average Bonchev–Trinajstić information content (AvgIpc) is 1.95. The minimum atomic E-state index is 0.234. The minimum absolute atomic E-state index is 0.234. The number of nitrogens with one attached hydrogen (secondary N) is 1. The van der Waals surface area contributed by atoms with E-state index in [9.17, 15) is 0 Å². The van der Waals surface area contributed by atoms with Crippen LogP contribution in [0, 0.1) is 5.41 Å². The molecular weight excluding hydrogens is 146 g/mol. The van der Waals surface area contributed by atoms with Crippen LogP contribution in [0.25, 0.3) is 0 Å². The molecule has 0 aromatic carbocycles. The van der Waals surface area contributed by atoms with Crippen molar-refractivity contribution in [3.8, 4) is 0 Å². The van der Waals surface area contributed by atoms with Gasteiger partial charge in [-0.25, -0.2) is 4.40 Å². The van der Waals surface area contributed by atoms with Gasteiger partial charge in [0.2, 0.25) is 0 Å². The topological polar surface area (TPSA) is 62.2 Å². The molecule has 0 bridgehead atoms. The van der Waals surface area contributed by atoms with Gasteiger partial charge in [0, 0.05) is 0 Å². The second-order valence-electron chi connectivity index (χ2n) is 1.84. The first-order chi connectivity index (χ1) is 4.75. The third-order valence-corrected chi connectivity index (χ3v) is 1.40. The first-order valence-electron chi connectivity index (χ1n) is 2.71. The molecule has 1 rings (SSSR count). The van der Waals surface area contributed by atoms with Gasteiger partial charge in [-0.1, -0.05) is 6.08 Å². The van der Waals surface area contributed by atoms with E-state index in [1.54, 1.807) is 18.2 Å². The predicted octanol–water partition coefficient (Wildman–Crippen LogP) is 0.704. The highest BCUT2D eigenvalue weighted by Crippen LogP contribution is 2.01. The lowest BCUT2D eigenvalue weighted by molar-refractivity contribution is 1.41. The summed E-state index contributed by atoms with van der Waals surface area (Å²) in [4.78, 5) is 0. The molecule has 0 aromatic rings. The van der Waals surface area contributed by atoms with E-state index < -0.39 is 0 Å². The molecule has 3 N–H and O–H groups in total. The number of hydrogen-bond donors (Lipinski definition) is 3. The maximum absolute atomic E-state index is 7.33. The number of nitrogens with two attached hydrogens (primary N) is 1. The Kier molecular flexibility index (Phi) is 1.91. The molecule has 0 aliphatic heterocycles. The molecule has 0 unspecified atom stereocenters. The van der Waals surface area contributed by atoms with E-state index in [1.807, 2.05) is 0 Å². The maximum atomic E-state index is 7.33. The van der Waals surface area contributed by atoms with Crippen LogP contribution in [0.15, 0.2) is 28.3 Å². The molecule has 1 aliphatic rings. The molecule has 10 heavy (non-hydrogen) atoms. The summed E-state index contributed by atoms with van der Waals surface area (Å²) in [6, 6.07) is 0. The van der Waals surface area contributed by atoms with Gasteiger partial charge in [0.05, 0.1) is 11.4 Å². The lowest BCUT2D eigenvalue weighted by atomic mass is 10.1. The number of rotatable bonds is 0. The van der Waals surface area contributed by atoms with Gasteiger partial charge in [0.15, 0.2) is 0 Å². The molecule has 0 aromatic heterocycles. The fraction of sp³-hybridized carbons (Fsp3) is 0. The van der Waals surface area contributed by atoms with Crippen LogP contribution in [0.1, 0.15) is 0 Å². The molecule has 52 valence electrons. The van der Waals surface area contributed by atoms with Crippen molar-refractivity contribution >= 4 is 24.2 Å². The van der Waals surface area contributed by atoms with E-state index in [-0.39, 0.29) is 5.71 Å². The van der Waals surface area contributed by atoms with E-state index in [1.165, 1.54) is 0 Å². The fourth-order valence-corrected chi connectivity index (χ4v) is 0.807. The highest BCUT2D eigenvalue weighted by Gasteiger charge is 2.08. The zero-order valence-corrected chi connectivity index (χ0v) is 6.10. The van der Waals surface area contributed by atoms with E-state index >= 15 is 0 Å². The molecule has 0 saturated heterocycles. The SMILES string of the molecule is N=C1C(N)=CC=C/C1=N/S. The molecule has 0 heterocycles. The van der Waals surface area contributed by atoms with Crippen molar-refractivity contribution in [1.82, 2.24) is 0 Å². The van der Waals surface area contributed by atoms with Gasteiger partial charge in [0.25, 0.3) is 0 Å². The van der Waals surface area contributed by atoms with E-state index in [2.05, 4.69) is 17.2 Å². The van der Waals surface area contributed by atoms with E-state index in [4.69, 9.17) is 11.1 Å². The lowest BCUT2D eigenvalue weighted by Crippen LogP contribution is -2.20. The predicted molar refractivity (Wildman–Crippen MR) is 45.6 cm³/mol. The molecule has 0 spiro atoms. The monoisotopic (exact) mass is 153 g/mol. The van der Waals surface area contributed by atoms with E-state index in [0.717, 1.165) is 0 Å². The zero-order chi connectivity index (χ0) is 7.56. The normalized spacial score (nSPS) is 21.5. The molecule has 0 atom stereocenters. The largest absolute Gasteiger partial charge is 0.397 e. The van der Waals surface area contributed by atoms with Crippen molar-refractivity contribution < 1.29 is 0 Å². The van der Waals surface area contributed by atoms with Gasteiger partial charge < -0.3 is 5.73 Å². The molecule has 3 nitrogen and oxygen atoms in total. The molecule has 4 heteroatoms. The van der Waals surface area contributed by atoms with Gasteiger partial charge in [-0.2, -0.15) is 0 Å². The standard InChI is InChI=1S/C6H7N3S/c7-4-2-1-3-5(9-10)6(4)8/h1-3,8,10H,7H2/b8-6?,9-5-. The Hall–Kier alpha value is -1.03. The summed E-state index contributed by atoms with van der Waals surface area (Å²) in [5.41, 5.74) is 6.58. The average molecular weight is 153 g/mol. The van der Waals surface area contributed by atoms with Crippen molar-refractivity contribution in [2.24, 2.45) is 10.1 Å². The van der Waals surface area contributed by atoms with Crippen LogP contribution >= 0.6 is 12.8 Å². The van der Waals surface area contributed by atoms with Crippen molar-refractivity contribution in [3.63, 3.8) is 0 Å². The second-order valence-corrected chi connectivity index (χ2v) is 2.04. The van der Waals surface area contributed by atoms with Crippen LogP contribution in [0.5, 0.6) is 0 Å². The molecule has 0 amide bonds. The second kappa shape index (κ2) is 2.70. The molecule has 0 saturated carbocycles. The minimum Gasteiger partial charge on any atom is -0.397 e.